The van der Waals surface area contributed by atoms with Crippen LogP contribution in [0.25, 0.3) is 11.1 Å². The fourth-order valence-corrected chi connectivity index (χ4v) is 3.65. The molecule has 0 N–H and O–H groups in total. The number of amides is 1. The molecule has 1 unspecified atom stereocenters. The first-order chi connectivity index (χ1) is 12.0. The fraction of sp³-hybridized carbons (Fsp3) is 0.158. The van der Waals surface area contributed by atoms with Gasteiger partial charge in [0.25, 0.3) is 0 Å². The lowest BCUT2D eigenvalue weighted by molar-refractivity contribution is -0.119. The third-order valence-corrected chi connectivity index (χ3v) is 5.13. The Bertz CT molecular complexity index is 969. The molecule has 6 heteroatoms. The summed E-state index contributed by atoms with van der Waals surface area (Å²) in [6, 6.07) is 12.8. The Morgan fingerprint density at radius 1 is 1.20 bits per heavy atom. The molecule has 1 atom stereocenters. The molecule has 3 aromatic rings. The predicted molar refractivity (Wildman–Crippen MR) is 103 cm³/mol. The highest BCUT2D eigenvalue weighted by Gasteiger charge is 2.34. The van der Waals surface area contributed by atoms with E-state index in [-0.39, 0.29) is 24.2 Å². The number of carbonyl (C=O) groups excluding carboxylic acids is 1. The second kappa shape index (κ2) is 6.25. The molecular weight excluding hydrogens is 432 g/mol. The third-order valence-electron chi connectivity index (χ3n) is 4.60. The van der Waals surface area contributed by atoms with Crippen molar-refractivity contribution in [1.82, 2.24) is 7.99 Å². The van der Waals surface area contributed by atoms with Gasteiger partial charge < -0.3 is 4.90 Å². The van der Waals surface area contributed by atoms with Crippen LogP contribution in [-0.2, 0) is 11.3 Å². The van der Waals surface area contributed by atoms with Crippen molar-refractivity contribution < 1.29 is 9.18 Å². The van der Waals surface area contributed by atoms with E-state index in [1.54, 1.807) is 20.1 Å². The average Bonchev–Trinajstić information content (AvgIpc) is 3.14. The maximum atomic E-state index is 14.6. The van der Waals surface area contributed by atoms with E-state index in [9.17, 15) is 9.18 Å². The molecule has 4 nitrogen and oxygen atoms in total. The lowest BCUT2D eigenvalue weighted by Gasteiger charge is -2.18. The van der Waals surface area contributed by atoms with E-state index in [4.69, 9.17) is 0 Å². The van der Waals surface area contributed by atoms with Crippen LogP contribution in [0.5, 0.6) is 0 Å². The molecule has 1 aliphatic heterocycles. The lowest BCUT2D eigenvalue weighted by Crippen LogP contribution is -2.27. The van der Waals surface area contributed by atoms with Crippen LogP contribution in [0.3, 0.4) is 0 Å². The molecule has 0 saturated carbocycles. The molecule has 0 spiro atoms. The number of hydrogen-bond donors (Lipinski definition) is 0. The number of carbonyl (C=O) groups is 1. The van der Waals surface area contributed by atoms with Crippen molar-refractivity contribution in [1.29, 1.82) is 0 Å². The Labute approximate surface area is 158 Å². The smallest absolute Gasteiger partial charge is 0.234 e. The molecule has 0 fully saturated rings. The van der Waals surface area contributed by atoms with Gasteiger partial charge in [-0.05, 0) is 30.2 Å². The molecule has 0 bridgehead atoms. The number of rotatable bonds is 3. The summed E-state index contributed by atoms with van der Waals surface area (Å²) in [6.07, 6.45) is 3.53. The Morgan fingerprint density at radius 2 is 2.00 bits per heavy atom. The molecule has 126 valence electrons. The molecule has 0 aliphatic carbocycles. The van der Waals surface area contributed by atoms with Gasteiger partial charge in [-0.3, -0.25) is 4.79 Å². The SMILES string of the molecule is CC1C(=O)N(Cc2ccc(-c3cnn(I)c3)cc2F)c2ccccc21. The van der Waals surface area contributed by atoms with Gasteiger partial charge >= 0.3 is 0 Å². The molecule has 25 heavy (non-hydrogen) atoms. The molecule has 2 aromatic carbocycles. The van der Waals surface area contributed by atoms with Gasteiger partial charge in [0, 0.05) is 23.0 Å². The molecule has 0 radical (unpaired) electrons. The predicted octanol–water partition coefficient (Wildman–Crippen LogP) is 4.54. The maximum absolute atomic E-state index is 14.6. The van der Waals surface area contributed by atoms with Crippen molar-refractivity contribution in [3.63, 3.8) is 0 Å². The van der Waals surface area contributed by atoms with Crippen LogP contribution in [0, 0.1) is 5.82 Å². The summed E-state index contributed by atoms with van der Waals surface area (Å²) in [5.74, 6) is -0.493. The molecule has 4 rings (SSSR count). The first-order valence-electron chi connectivity index (χ1n) is 7.94. The van der Waals surface area contributed by atoms with Gasteiger partial charge in [0.05, 0.1) is 41.5 Å². The minimum atomic E-state index is -0.316. The van der Waals surface area contributed by atoms with Gasteiger partial charge in [-0.2, -0.15) is 5.10 Å². The largest absolute Gasteiger partial charge is 0.307 e. The quantitative estimate of drug-likeness (QED) is 0.554. The van der Waals surface area contributed by atoms with E-state index in [0.29, 0.717) is 5.56 Å². The van der Waals surface area contributed by atoms with Crippen LogP contribution >= 0.6 is 22.9 Å². The van der Waals surface area contributed by atoms with E-state index >= 15 is 0 Å². The minimum absolute atomic E-state index is 0.0101. The van der Waals surface area contributed by atoms with Crippen molar-refractivity contribution in [2.45, 2.75) is 19.4 Å². The summed E-state index contributed by atoms with van der Waals surface area (Å²) in [4.78, 5) is 14.2. The van der Waals surface area contributed by atoms with Crippen LogP contribution < -0.4 is 4.90 Å². The molecule has 1 aliphatic rings. The van der Waals surface area contributed by atoms with Crippen LogP contribution in [0.2, 0.25) is 0 Å². The third kappa shape index (κ3) is 2.84. The molecule has 1 amide bonds. The number of benzene rings is 2. The summed E-state index contributed by atoms with van der Waals surface area (Å²) in [6.45, 7) is 2.13. The highest BCUT2D eigenvalue weighted by Crippen LogP contribution is 2.38. The van der Waals surface area contributed by atoms with Crippen molar-refractivity contribution in [2.75, 3.05) is 4.90 Å². The van der Waals surface area contributed by atoms with E-state index in [2.05, 4.69) is 5.10 Å². The van der Waals surface area contributed by atoms with E-state index in [1.165, 1.54) is 6.07 Å². The van der Waals surface area contributed by atoms with Crippen molar-refractivity contribution in [3.8, 4) is 11.1 Å². The second-order valence-electron chi connectivity index (χ2n) is 6.13. The monoisotopic (exact) mass is 447 g/mol. The highest BCUT2D eigenvalue weighted by atomic mass is 127. The van der Waals surface area contributed by atoms with Gasteiger partial charge in [-0.15, -0.1) is 0 Å². The van der Waals surface area contributed by atoms with Gasteiger partial charge in [0.15, 0.2) is 0 Å². The molecule has 1 aromatic heterocycles. The van der Waals surface area contributed by atoms with Gasteiger partial charge in [-0.25, -0.2) is 7.29 Å². The molecule has 0 saturated heterocycles. The maximum Gasteiger partial charge on any atom is 0.234 e. The Morgan fingerprint density at radius 3 is 2.72 bits per heavy atom. The Kier molecular flexibility index (Phi) is 4.07. The van der Waals surface area contributed by atoms with E-state index in [1.807, 2.05) is 66.3 Å². The summed E-state index contributed by atoms with van der Waals surface area (Å²) in [5.41, 5.74) is 4.00. The number of fused-ring (bicyclic) bond motifs is 1. The van der Waals surface area contributed by atoms with E-state index < -0.39 is 0 Å². The number of aromatic nitrogens is 2. The first-order valence-corrected chi connectivity index (χ1v) is 8.91. The number of anilines is 1. The number of hydrogen-bond acceptors (Lipinski definition) is 2. The van der Waals surface area contributed by atoms with Crippen molar-refractivity contribution in [2.24, 2.45) is 0 Å². The number of halogens is 2. The molecule has 2 heterocycles. The van der Waals surface area contributed by atoms with Crippen molar-refractivity contribution >= 4 is 34.5 Å². The Hall–Kier alpha value is -2.22. The zero-order valence-corrected chi connectivity index (χ0v) is 15.6. The fourth-order valence-electron chi connectivity index (χ4n) is 3.22. The van der Waals surface area contributed by atoms with Crippen LogP contribution in [-0.4, -0.2) is 13.9 Å². The lowest BCUT2D eigenvalue weighted by atomic mass is 10.0. The average molecular weight is 447 g/mol. The van der Waals surface area contributed by atoms with Crippen molar-refractivity contribution in [3.05, 3.63) is 71.8 Å². The first kappa shape index (κ1) is 16.3. The molecular formula is C19H15FIN3O. The standard InChI is InChI=1S/C19H15FIN3O/c1-12-16-4-2-3-5-18(16)23(19(12)25)10-14-7-6-13(8-17(14)20)15-9-22-24(21)11-15/h2-9,11-12H,10H2,1H3. The van der Waals surface area contributed by atoms with Gasteiger partial charge in [0.1, 0.15) is 5.82 Å². The summed E-state index contributed by atoms with van der Waals surface area (Å²) < 4.78 is 16.3. The topological polar surface area (TPSA) is 38.1 Å². The van der Waals surface area contributed by atoms with Gasteiger partial charge in [0.2, 0.25) is 5.91 Å². The summed E-state index contributed by atoms with van der Waals surface area (Å²) >= 11 is 2.05. The zero-order valence-electron chi connectivity index (χ0n) is 13.5. The summed E-state index contributed by atoms with van der Waals surface area (Å²) in [7, 11) is 0. The van der Waals surface area contributed by atoms with E-state index in [0.717, 1.165) is 22.4 Å². The van der Waals surface area contributed by atoms with Gasteiger partial charge in [-0.1, -0.05) is 30.3 Å². The zero-order chi connectivity index (χ0) is 17.6. The minimum Gasteiger partial charge on any atom is -0.307 e. The second-order valence-corrected chi connectivity index (χ2v) is 7.12. The van der Waals surface area contributed by atoms with Crippen LogP contribution in [0.15, 0.2) is 54.9 Å². The Balaban J connectivity index is 1.64. The van der Waals surface area contributed by atoms with Crippen LogP contribution in [0.4, 0.5) is 10.1 Å². The summed E-state index contributed by atoms with van der Waals surface area (Å²) in [5, 5.41) is 4.10. The normalized spacial score (nSPS) is 16.4. The number of nitrogens with zero attached hydrogens (tertiary/aromatic N) is 3. The number of para-hydroxylation sites is 1. The van der Waals surface area contributed by atoms with Crippen LogP contribution in [0.1, 0.15) is 24.0 Å². The highest BCUT2D eigenvalue weighted by molar-refractivity contribution is 14.1.